The predicted octanol–water partition coefficient (Wildman–Crippen LogP) is 6.44. The van der Waals surface area contributed by atoms with Gasteiger partial charge in [0.25, 0.3) is 0 Å². The van der Waals surface area contributed by atoms with Gasteiger partial charge in [-0.2, -0.15) is 0 Å². The van der Waals surface area contributed by atoms with E-state index >= 15 is 0 Å². The number of nitrogens with zero attached hydrogens (tertiary/aromatic N) is 1. The van der Waals surface area contributed by atoms with Gasteiger partial charge >= 0.3 is 0 Å². The van der Waals surface area contributed by atoms with Gasteiger partial charge in [-0.15, -0.1) is 0 Å². The van der Waals surface area contributed by atoms with E-state index < -0.39 is 0 Å². The Morgan fingerprint density at radius 2 is 0.957 bits per heavy atom. The van der Waals surface area contributed by atoms with Crippen molar-refractivity contribution in [1.82, 2.24) is 4.90 Å². The fourth-order valence-corrected chi connectivity index (χ4v) is 3.08. The maximum atomic E-state index is 5.74. The van der Waals surface area contributed by atoms with E-state index in [4.69, 9.17) is 4.74 Å². The molecule has 140 valence electrons. The van der Waals surface area contributed by atoms with E-state index in [-0.39, 0.29) is 0 Å². The van der Waals surface area contributed by atoms with Crippen LogP contribution in [0.2, 0.25) is 0 Å². The van der Waals surface area contributed by atoms with Gasteiger partial charge in [-0.1, -0.05) is 91.4 Å². The Morgan fingerprint density at radius 3 is 1.43 bits per heavy atom. The lowest BCUT2D eigenvalue weighted by molar-refractivity contribution is 0.118. The van der Waals surface area contributed by atoms with Crippen molar-refractivity contribution in [2.45, 2.75) is 104 Å². The molecule has 0 aliphatic heterocycles. The van der Waals surface area contributed by atoms with Crippen LogP contribution in [0, 0.1) is 0 Å². The van der Waals surface area contributed by atoms with Gasteiger partial charge in [0.15, 0.2) is 0 Å². The summed E-state index contributed by atoms with van der Waals surface area (Å²) in [6.45, 7) is 12.2. The maximum Gasteiger partial charge on any atom is 0.0478 e. The highest BCUT2D eigenvalue weighted by molar-refractivity contribution is 4.52. The standard InChI is InChI=1S/C21H45NO/c1-4-7-8-9-10-11-12-13-14-15-16-17-20-23-21-18-19-22(5-2)6-3/h4-21H2,1-3H3. The molecule has 0 rings (SSSR count). The molecule has 0 amide bonds. The molecule has 0 unspecified atom stereocenters. The van der Waals surface area contributed by atoms with Crippen LogP contribution in [-0.4, -0.2) is 37.7 Å². The molecule has 0 saturated carbocycles. The summed E-state index contributed by atoms with van der Waals surface area (Å²) in [4.78, 5) is 2.47. The van der Waals surface area contributed by atoms with Crippen LogP contribution in [0.5, 0.6) is 0 Å². The van der Waals surface area contributed by atoms with Gasteiger partial charge in [0.2, 0.25) is 0 Å². The molecule has 0 bridgehead atoms. The third-order valence-corrected chi connectivity index (χ3v) is 4.80. The Labute approximate surface area is 147 Å². The summed E-state index contributed by atoms with van der Waals surface area (Å²) in [6, 6.07) is 0. The lowest BCUT2D eigenvalue weighted by Gasteiger charge is -2.17. The zero-order valence-corrected chi connectivity index (χ0v) is 16.6. The second kappa shape index (κ2) is 20.0. The normalized spacial score (nSPS) is 11.5. The number of ether oxygens (including phenoxy) is 1. The van der Waals surface area contributed by atoms with E-state index in [1.54, 1.807) is 0 Å². The van der Waals surface area contributed by atoms with Gasteiger partial charge in [-0.3, -0.25) is 0 Å². The summed E-state index contributed by atoms with van der Waals surface area (Å²) in [5, 5.41) is 0. The third-order valence-electron chi connectivity index (χ3n) is 4.80. The Hall–Kier alpha value is -0.0800. The molecule has 0 heterocycles. The molecule has 0 aromatic rings. The lowest BCUT2D eigenvalue weighted by Crippen LogP contribution is -2.24. The Kier molecular flexibility index (Phi) is 19.9. The monoisotopic (exact) mass is 327 g/mol. The van der Waals surface area contributed by atoms with Crippen molar-refractivity contribution in [2.75, 3.05) is 32.8 Å². The summed E-state index contributed by atoms with van der Waals surface area (Å²) in [5.41, 5.74) is 0. The second-order valence-corrected chi connectivity index (χ2v) is 6.88. The molecular formula is C21H45NO. The van der Waals surface area contributed by atoms with Crippen LogP contribution in [0.1, 0.15) is 104 Å². The summed E-state index contributed by atoms with van der Waals surface area (Å²) in [7, 11) is 0. The minimum Gasteiger partial charge on any atom is -0.381 e. The van der Waals surface area contributed by atoms with Crippen molar-refractivity contribution in [1.29, 1.82) is 0 Å². The first-order chi connectivity index (χ1) is 11.3. The molecule has 0 spiro atoms. The van der Waals surface area contributed by atoms with Crippen LogP contribution in [0.3, 0.4) is 0 Å². The highest BCUT2D eigenvalue weighted by atomic mass is 16.5. The van der Waals surface area contributed by atoms with Crippen LogP contribution in [0.4, 0.5) is 0 Å². The molecule has 0 aliphatic rings. The summed E-state index contributed by atoms with van der Waals surface area (Å²) >= 11 is 0. The lowest BCUT2D eigenvalue weighted by atomic mass is 10.1. The van der Waals surface area contributed by atoms with Gasteiger partial charge in [0.1, 0.15) is 0 Å². The number of hydrogen-bond donors (Lipinski definition) is 0. The molecular weight excluding hydrogens is 282 g/mol. The van der Waals surface area contributed by atoms with E-state index in [0.29, 0.717) is 0 Å². The van der Waals surface area contributed by atoms with E-state index in [9.17, 15) is 0 Å². The first-order valence-electron chi connectivity index (χ1n) is 10.6. The minimum atomic E-state index is 0.939. The van der Waals surface area contributed by atoms with Crippen molar-refractivity contribution in [3.8, 4) is 0 Å². The van der Waals surface area contributed by atoms with Crippen LogP contribution >= 0.6 is 0 Å². The van der Waals surface area contributed by atoms with E-state index in [1.807, 2.05) is 0 Å². The fraction of sp³-hybridized carbons (Fsp3) is 1.00. The number of hydrogen-bond acceptors (Lipinski definition) is 2. The third kappa shape index (κ3) is 18.1. The number of unbranched alkanes of at least 4 members (excludes halogenated alkanes) is 11. The molecule has 0 fully saturated rings. The average Bonchev–Trinajstić information content (AvgIpc) is 2.58. The van der Waals surface area contributed by atoms with Crippen LogP contribution < -0.4 is 0 Å². The minimum absolute atomic E-state index is 0.939. The molecule has 0 aromatic carbocycles. The van der Waals surface area contributed by atoms with Crippen molar-refractivity contribution in [3.05, 3.63) is 0 Å². The molecule has 23 heavy (non-hydrogen) atoms. The second-order valence-electron chi connectivity index (χ2n) is 6.88. The Morgan fingerprint density at radius 1 is 0.522 bits per heavy atom. The van der Waals surface area contributed by atoms with Crippen molar-refractivity contribution in [3.63, 3.8) is 0 Å². The quantitative estimate of drug-likeness (QED) is 0.253. The summed E-state index contributed by atoms with van der Waals surface area (Å²) in [6.07, 6.45) is 18.1. The highest BCUT2D eigenvalue weighted by Crippen LogP contribution is 2.11. The Bertz CT molecular complexity index is 204. The first-order valence-corrected chi connectivity index (χ1v) is 10.6. The van der Waals surface area contributed by atoms with Crippen molar-refractivity contribution < 1.29 is 4.74 Å². The average molecular weight is 328 g/mol. The van der Waals surface area contributed by atoms with Crippen LogP contribution in [-0.2, 0) is 4.74 Å². The molecule has 0 N–H and O–H groups in total. The zero-order chi connectivity index (χ0) is 17.0. The molecule has 0 aliphatic carbocycles. The Balaban J connectivity index is 3.02. The van der Waals surface area contributed by atoms with E-state index in [2.05, 4.69) is 25.7 Å². The van der Waals surface area contributed by atoms with Crippen LogP contribution in [0.15, 0.2) is 0 Å². The maximum absolute atomic E-state index is 5.74. The van der Waals surface area contributed by atoms with E-state index in [1.165, 1.54) is 90.0 Å². The predicted molar refractivity (Wildman–Crippen MR) is 104 cm³/mol. The number of rotatable bonds is 19. The van der Waals surface area contributed by atoms with Gasteiger partial charge in [0.05, 0.1) is 0 Å². The molecule has 2 heteroatoms. The molecule has 0 aromatic heterocycles. The fourth-order valence-electron chi connectivity index (χ4n) is 3.08. The topological polar surface area (TPSA) is 12.5 Å². The molecule has 0 atom stereocenters. The summed E-state index contributed by atoms with van der Waals surface area (Å²) < 4.78 is 5.74. The van der Waals surface area contributed by atoms with Crippen molar-refractivity contribution >= 4 is 0 Å². The molecule has 0 radical (unpaired) electrons. The zero-order valence-electron chi connectivity index (χ0n) is 16.6. The molecule has 2 nitrogen and oxygen atoms in total. The smallest absolute Gasteiger partial charge is 0.0478 e. The largest absolute Gasteiger partial charge is 0.381 e. The van der Waals surface area contributed by atoms with Crippen molar-refractivity contribution in [2.24, 2.45) is 0 Å². The first kappa shape index (κ1) is 22.9. The highest BCUT2D eigenvalue weighted by Gasteiger charge is 1.98. The van der Waals surface area contributed by atoms with Gasteiger partial charge in [-0.05, 0) is 25.9 Å². The summed E-state index contributed by atoms with van der Waals surface area (Å²) in [5.74, 6) is 0. The van der Waals surface area contributed by atoms with E-state index in [0.717, 1.165) is 26.3 Å². The van der Waals surface area contributed by atoms with Gasteiger partial charge < -0.3 is 9.64 Å². The van der Waals surface area contributed by atoms with Gasteiger partial charge in [-0.25, -0.2) is 0 Å². The SMILES string of the molecule is CCCCCCCCCCCCCCOCCCN(CC)CC. The molecule has 0 saturated heterocycles. The van der Waals surface area contributed by atoms with Gasteiger partial charge in [0, 0.05) is 19.8 Å². The van der Waals surface area contributed by atoms with Crippen LogP contribution in [0.25, 0.3) is 0 Å².